The van der Waals surface area contributed by atoms with Crippen LogP contribution in [-0.2, 0) is 4.79 Å². The van der Waals surface area contributed by atoms with Gasteiger partial charge < -0.3 is 20.9 Å². The lowest BCUT2D eigenvalue weighted by atomic mass is 9.97. The normalized spacial score (nSPS) is 18.3. The van der Waals surface area contributed by atoms with Crippen LogP contribution in [0.4, 0.5) is 21.6 Å². The van der Waals surface area contributed by atoms with E-state index >= 15 is 0 Å². The van der Waals surface area contributed by atoms with Crippen molar-refractivity contribution in [3.05, 3.63) is 61.1 Å². The maximum Gasteiger partial charge on any atom is 0.243 e. The smallest absolute Gasteiger partial charge is 0.243 e. The molecule has 2 saturated heterocycles. The van der Waals surface area contributed by atoms with Crippen LogP contribution in [0.15, 0.2) is 55.3 Å². The van der Waals surface area contributed by atoms with Crippen LogP contribution in [0, 0.1) is 11.7 Å². The van der Waals surface area contributed by atoms with E-state index in [9.17, 15) is 9.18 Å². The lowest BCUT2D eigenvalue weighted by molar-refractivity contribution is -0.116. The third-order valence-electron chi connectivity index (χ3n) is 5.93. The number of nitrogen functional groups attached to an aromatic ring is 1. The molecule has 176 valence electrons. The van der Waals surface area contributed by atoms with E-state index < -0.39 is 0 Å². The number of carbonyl (C=O) groups excluding carboxylic acids is 1. The van der Waals surface area contributed by atoms with E-state index in [1.807, 2.05) is 18.2 Å². The molecular formula is C25H38FN5O. The van der Waals surface area contributed by atoms with Crippen molar-refractivity contribution < 1.29 is 12.0 Å². The average molecular weight is 444 g/mol. The second-order valence-electron chi connectivity index (χ2n) is 8.37. The SMILES string of the molecule is C=CC(=O)NCC1CCCN(c2ccnc(N)c2)C1.Fc1cccc(N2CCCCC2)c1.[HH].[HH]. The minimum Gasteiger partial charge on any atom is -0.384 e. The van der Waals surface area contributed by atoms with E-state index in [0.717, 1.165) is 50.4 Å². The Kier molecular flexibility index (Phi) is 8.90. The summed E-state index contributed by atoms with van der Waals surface area (Å²) in [5.74, 6) is 0.764. The van der Waals surface area contributed by atoms with Crippen molar-refractivity contribution in [3.8, 4) is 0 Å². The first-order chi connectivity index (χ1) is 15.5. The van der Waals surface area contributed by atoms with Crippen LogP contribution in [-0.4, -0.2) is 43.6 Å². The van der Waals surface area contributed by atoms with Crippen LogP contribution < -0.4 is 20.9 Å². The first-order valence-electron chi connectivity index (χ1n) is 11.4. The minimum absolute atomic E-state index is 0. The van der Waals surface area contributed by atoms with Gasteiger partial charge in [-0.3, -0.25) is 4.79 Å². The summed E-state index contributed by atoms with van der Waals surface area (Å²) < 4.78 is 12.9. The van der Waals surface area contributed by atoms with Gasteiger partial charge in [-0.2, -0.15) is 0 Å². The summed E-state index contributed by atoms with van der Waals surface area (Å²) in [5, 5.41) is 2.86. The predicted octanol–water partition coefficient (Wildman–Crippen LogP) is 4.49. The molecule has 0 spiro atoms. The highest BCUT2D eigenvalue weighted by molar-refractivity contribution is 5.86. The van der Waals surface area contributed by atoms with Crippen molar-refractivity contribution in [3.63, 3.8) is 0 Å². The summed E-state index contributed by atoms with van der Waals surface area (Å²) in [6.45, 7) is 8.25. The zero-order valence-corrected chi connectivity index (χ0v) is 18.7. The van der Waals surface area contributed by atoms with E-state index in [2.05, 4.69) is 26.7 Å². The Balaban J connectivity index is 0.000000340. The van der Waals surface area contributed by atoms with Gasteiger partial charge in [-0.15, -0.1) is 0 Å². The number of hydrogen-bond acceptors (Lipinski definition) is 5. The van der Waals surface area contributed by atoms with Crippen LogP contribution in [0.25, 0.3) is 0 Å². The molecule has 1 amide bonds. The van der Waals surface area contributed by atoms with E-state index in [1.54, 1.807) is 18.3 Å². The molecule has 2 aromatic rings. The topological polar surface area (TPSA) is 74.5 Å². The number of halogens is 1. The fourth-order valence-corrected chi connectivity index (χ4v) is 4.24. The molecular weight excluding hydrogens is 405 g/mol. The lowest BCUT2D eigenvalue weighted by Crippen LogP contribution is -2.40. The first-order valence-corrected chi connectivity index (χ1v) is 11.4. The Hall–Kier alpha value is -3.09. The molecule has 7 heteroatoms. The van der Waals surface area contributed by atoms with Gasteiger partial charge in [0.2, 0.25) is 5.91 Å². The van der Waals surface area contributed by atoms with Gasteiger partial charge >= 0.3 is 0 Å². The van der Waals surface area contributed by atoms with E-state index in [0.29, 0.717) is 18.3 Å². The molecule has 1 aromatic heterocycles. The number of rotatable bonds is 5. The van der Waals surface area contributed by atoms with Gasteiger partial charge in [0.1, 0.15) is 11.6 Å². The Labute approximate surface area is 193 Å². The van der Waals surface area contributed by atoms with Gasteiger partial charge in [-0.25, -0.2) is 9.37 Å². The fourth-order valence-electron chi connectivity index (χ4n) is 4.24. The fraction of sp³-hybridized carbons (Fsp3) is 0.440. The second-order valence-corrected chi connectivity index (χ2v) is 8.37. The number of amides is 1. The molecule has 2 fully saturated rings. The highest BCUT2D eigenvalue weighted by Crippen LogP contribution is 2.23. The molecule has 2 aliphatic heterocycles. The Morgan fingerprint density at radius 1 is 1.16 bits per heavy atom. The van der Waals surface area contributed by atoms with E-state index in [-0.39, 0.29) is 14.6 Å². The molecule has 3 N–H and O–H groups in total. The maximum absolute atomic E-state index is 12.9. The quantitative estimate of drug-likeness (QED) is 0.666. The van der Waals surface area contributed by atoms with Crippen molar-refractivity contribution >= 4 is 23.1 Å². The van der Waals surface area contributed by atoms with Crippen LogP contribution in [0.2, 0.25) is 0 Å². The summed E-state index contributed by atoms with van der Waals surface area (Å²) >= 11 is 0. The number of nitrogens with zero attached hydrogens (tertiary/aromatic N) is 3. The number of piperidine rings is 2. The highest BCUT2D eigenvalue weighted by atomic mass is 19.1. The molecule has 1 aromatic carbocycles. The number of hydrogen-bond donors (Lipinski definition) is 2. The van der Waals surface area contributed by atoms with Crippen molar-refractivity contribution in [1.82, 2.24) is 10.3 Å². The first kappa shape index (κ1) is 23.6. The predicted molar refractivity (Wildman–Crippen MR) is 133 cm³/mol. The number of nitrogens with two attached hydrogens (primary N) is 1. The molecule has 0 aliphatic carbocycles. The van der Waals surface area contributed by atoms with Gasteiger partial charge in [0, 0.05) is 59.2 Å². The van der Waals surface area contributed by atoms with Crippen molar-refractivity contribution in [2.45, 2.75) is 32.1 Å². The lowest BCUT2D eigenvalue weighted by Gasteiger charge is -2.34. The molecule has 32 heavy (non-hydrogen) atoms. The summed E-state index contributed by atoms with van der Waals surface area (Å²) in [4.78, 5) is 19.7. The zero-order chi connectivity index (χ0) is 22.8. The van der Waals surface area contributed by atoms with Crippen LogP contribution in [0.1, 0.15) is 35.0 Å². The van der Waals surface area contributed by atoms with Crippen molar-refractivity contribution in [2.75, 3.05) is 48.3 Å². The maximum atomic E-state index is 12.9. The van der Waals surface area contributed by atoms with Gasteiger partial charge in [0.05, 0.1) is 0 Å². The molecule has 0 bridgehead atoms. The Bertz CT molecular complexity index is 895. The molecule has 4 rings (SSSR count). The van der Waals surface area contributed by atoms with E-state index in [4.69, 9.17) is 5.73 Å². The second kappa shape index (κ2) is 12.1. The average Bonchev–Trinajstić information content (AvgIpc) is 2.84. The van der Waals surface area contributed by atoms with Gasteiger partial charge in [-0.1, -0.05) is 12.6 Å². The van der Waals surface area contributed by atoms with E-state index in [1.165, 1.54) is 31.4 Å². The molecule has 2 aliphatic rings. The van der Waals surface area contributed by atoms with Crippen LogP contribution in [0.5, 0.6) is 0 Å². The highest BCUT2D eigenvalue weighted by Gasteiger charge is 2.20. The Morgan fingerprint density at radius 2 is 1.91 bits per heavy atom. The summed E-state index contributed by atoms with van der Waals surface area (Å²) in [7, 11) is 0. The number of benzene rings is 1. The number of pyridine rings is 1. The minimum atomic E-state index is -0.136. The summed E-state index contributed by atoms with van der Waals surface area (Å²) in [6, 6.07) is 10.7. The third-order valence-corrected chi connectivity index (χ3v) is 5.93. The van der Waals surface area contributed by atoms with Gasteiger partial charge in [0.25, 0.3) is 0 Å². The van der Waals surface area contributed by atoms with Crippen LogP contribution in [0.3, 0.4) is 0 Å². The molecule has 1 atom stereocenters. The monoisotopic (exact) mass is 443 g/mol. The molecule has 1 unspecified atom stereocenters. The number of nitrogens with one attached hydrogen (secondary N) is 1. The van der Waals surface area contributed by atoms with Gasteiger partial charge in [0.15, 0.2) is 0 Å². The number of anilines is 3. The summed E-state index contributed by atoms with van der Waals surface area (Å²) in [5.41, 5.74) is 7.84. The standard InChI is InChI=1S/C14H20N4O.C11H14FN.2H2/c1-2-14(19)17-9-11-4-3-7-18(10-11)12-5-6-16-13(15)8-12;12-10-5-4-6-11(9-10)13-7-2-1-3-8-13;;/h2,5-6,8,11H,1,3-4,7,9-10H2,(H2,15,16)(H,17,19);4-6,9H,1-3,7-8H2;2*1H. The number of aromatic nitrogens is 1. The molecule has 0 saturated carbocycles. The van der Waals surface area contributed by atoms with Gasteiger partial charge in [-0.05, 0) is 68.4 Å². The van der Waals surface area contributed by atoms with Crippen molar-refractivity contribution in [1.29, 1.82) is 0 Å². The molecule has 3 heterocycles. The van der Waals surface area contributed by atoms with Crippen molar-refractivity contribution in [2.24, 2.45) is 5.92 Å². The largest absolute Gasteiger partial charge is 0.384 e. The summed E-state index contributed by atoms with van der Waals surface area (Å²) in [6.07, 6.45) is 9.07. The number of carbonyl (C=O) groups is 1. The molecule has 6 nitrogen and oxygen atoms in total. The zero-order valence-electron chi connectivity index (χ0n) is 18.7. The van der Waals surface area contributed by atoms with Crippen LogP contribution >= 0.6 is 0 Å². The third kappa shape index (κ3) is 7.25. The Morgan fingerprint density at radius 3 is 2.62 bits per heavy atom. The molecule has 0 radical (unpaired) electrons.